The van der Waals surface area contributed by atoms with E-state index in [1.54, 1.807) is 0 Å². The quantitative estimate of drug-likeness (QED) is 0.349. The lowest BCUT2D eigenvalue weighted by Crippen LogP contribution is -2.25. The van der Waals surface area contributed by atoms with Crippen LogP contribution in [-0.2, 0) is 6.18 Å². The minimum absolute atomic E-state index is 0.0817. The molecule has 39 heavy (non-hydrogen) atoms. The van der Waals surface area contributed by atoms with Crippen LogP contribution in [0.25, 0.3) is 0 Å². The molecule has 0 aliphatic carbocycles. The van der Waals surface area contributed by atoms with Gasteiger partial charge in [0.25, 0.3) is 11.8 Å². The van der Waals surface area contributed by atoms with E-state index in [1.165, 1.54) is 13.2 Å². The molecule has 0 unspecified atom stereocenters. The number of nitrogens with one attached hydrogen (secondary N) is 2. The number of fused-ring (bicyclic) bond motifs is 1. The molecule has 2 amide bonds. The first-order valence-corrected chi connectivity index (χ1v) is 10.5. The standard InChI is InChI=1S/C24H14F6N2O7/c1-37-17-5-2-10(22(35)36)6-13(17)21(34)32-16-9-19-18(38-24(29,30)39-19)8-12(16)20(33)31-11-3-4-15(25)14(7-11)23(26,27)28/h2-9H,1H3,(H,31,33)(H,32,34)(H,35,36). The molecule has 3 aromatic rings. The summed E-state index contributed by atoms with van der Waals surface area (Å²) in [6.07, 6.45) is -9.21. The summed E-state index contributed by atoms with van der Waals surface area (Å²) in [5, 5.41) is 13.5. The summed E-state index contributed by atoms with van der Waals surface area (Å²) in [5.74, 6) is -6.55. The number of rotatable bonds is 6. The van der Waals surface area contributed by atoms with E-state index >= 15 is 0 Å². The number of carboxylic acid groups (broad SMARTS) is 1. The second kappa shape index (κ2) is 9.74. The average molecular weight is 556 g/mol. The number of carbonyl (C=O) groups is 3. The summed E-state index contributed by atoms with van der Waals surface area (Å²) >= 11 is 0. The van der Waals surface area contributed by atoms with E-state index in [0.29, 0.717) is 12.1 Å². The number of alkyl halides is 5. The van der Waals surface area contributed by atoms with Crippen molar-refractivity contribution in [2.45, 2.75) is 12.5 Å². The third kappa shape index (κ3) is 5.66. The van der Waals surface area contributed by atoms with Gasteiger partial charge in [0.15, 0.2) is 11.5 Å². The third-order valence-corrected chi connectivity index (χ3v) is 5.25. The number of benzene rings is 3. The summed E-state index contributed by atoms with van der Waals surface area (Å²) in [6, 6.07) is 6.41. The van der Waals surface area contributed by atoms with Crippen molar-refractivity contribution < 1.29 is 60.0 Å². The number of anilines is 2. The zero-order valence-electron chi connectivity index (χ0n) is 19.3. The van der Waals surface area contributed by atoms with Gasteiger partial charge in [-0.05, 0) is 42.5 Å². The molecule has 0 radical (unpaired) electrons. The molecule has 1 aliphatic rings. The van der Waals surface area contributed by atoms with Crippen molar-refractivity contribution in [3.05, 3.63) is 76.6 Å². The summed E-state index contributed by atoms with van der Waals surface area (Å²) in [6.45, 7) is 0. The molecule has 0 fully saturated rings. The Morgan fingerprint density at radius 1 is 0.897 bits per heavy atom. The van der Waals surface area contributed by atoms with Gasteiger partial charge in [0.05, 0.1) is 35.1 Å². The minimum Gasteiger partial charge on any atom is -0.496 e. The van der Waals surface area contributed by atoms with E-state index in [-0.39, 0.29) is 16.9 Å². The van der Waals surface area contributed by atoms with Crippen LogP contribution in [0.1, 0.15) is 36.6 Å². The maximum atomic E-state index is 13.6. The topological polar surface area (TPSA) is 123 Å². The van der Waals surface area contributed by atoms with Crippen LogP contribution in [0.15, 0.2) is 48.5 Å². The highest BCUT2D eigenvalue weighted by Gasteiger charge is 2.44. The Hall–Kier alpha value is -4.95. The molecule has 1 heterocycles. The van der Waals surface area contributed by atoms with Crippen molar-refractivity contribution in [2.24, 2.45) is 0 Å². The van der Waals surface area contributed by atoms with Crippen LogP contribution in [0.5, 0.6) is 17.2 Å². The lowest BCUT2D eigenvalue weighted by molar-refractivity contribution is -0.286. The van der Waals surface area contributed by atoms with Crippen LogP contribution < -0.4 is 24.8 Å². The first-order valence-electron chi connectivity index (χ1n) is 10.5. The van der Waals surface area contributed by atoms with Crippen LogP contribution in [0.3, 0.4) is 0 Å². The Labute approximate surface area is 213 Å². The van der Waals surface area contributed by atoms with E-state index in [9.17, 15) is 45.8 Å². The predicted molar refractivity (Wildman–Crippen MR) is 120 cm³/mol. The molecule has 9 nitrogen and oxygen atoms in total. The SMILES string of the molecule is COc1ccc(C(=O)O)cc1C(=O)Nc1cc2c(cc1C(=O)Nc1ccc(F)c(C(F)(F)F)c1)OC(F)(F)O2. The Bertz CT molecular complexity index is 1510. The summed E-state index contributed by atoms with van der Waals surface area (Å²) in [4.78, 5) is 37.3. The minimum atomic E-state index is -5.09. The zero-order valence-corrected chi connectivity index (χ0v) is 19.3. The number of carboxylic acids is 1. The van der Waals surface area contributed by atoms with Gasteiger partial charge < -0.3 is 30.0 Å². The van der Waals surface area contributed by atoms with Crippen molar-refractivity contribution >= 4 is 29.2 Å². The fourth-order valence-electron chi connectivity index (χ4n) is 3.51. The van der Waals surface area contributed by atoms with Crippen LogP contribution in [0.4, 0.5) is 37.7 Å². The van der Waals surface area contributed by atoms with Crippen LogP contribution >= 0.6 is 0 Å². The first-order chi connectivity index (χ1) is 18.2. The van der Waals surface area contributed by atoms with Gasteiger partial charge in [0.1, 0.15) is 11.6 Å². The number of carbonyl (C=O) groups excluding carboxylic acids is 2. The summed E-state index contributed by atoms with van der Waals surface area (Å²) < 4.78 is 93.8. The largest absolute Gasteiger partial charge is 0.586 e. The van der Waals surface area contributed by atoms with Crippen LogP contribution in [0.2, 0.25) is 0 Å². The molecule has 3 aromatic carbocycles. The molecular weight excluding hydrogens is 542 g/mol. The number of hydrogen-bond donors (Lipinski definition) is 3. The number of ether oxygens (including phenoxy) is 3. The molecule has 15 heteroatoms. The molecule has 0 atom stereocenters. The highest BCUT2D eigenvalue weighted by molar-refractivity contribution is 6.14. The van der Waals surface area contributed by atoms with Gasteiger partial charge >= 0.3 is 18.4 Å². The van der Waals surface area contributed by atoms with Crippen molar-refractivity contribution in [2.75, 3.05) is 17.7 Å². The molecule has 0 aromatic heterocycles. The van der Waals surface area contributed by atoms with E-state index in [1.807, 2.05) is 0 Å². The van der Waals surface area contributed by atoms with E-state index < -0.39 is 70.1 Å². The Kier molecular flexibility index (Phi) is 6.76. The molecular formula is C24H14F6N2O7. The third-order valence-electron chi connectivity index (χ3n) is 5.25. The van der Waals surface area contributed by atoms with Gasteiger partial charge in [-0.3, -0.25) is 9.59 Å². The van der Waals surface area contributed by atoms with Crippen LogP contribution in [-0.4, -0.2) is 36.3 Å². The maximum absolute atomic E-state index is 13.6. The highest BCUT2D eigenvalue weighted by Crippen LogP contribution is 2.44. The fraction of sp³-hybridized carbons (Fsp3) is 0.125. The van der Waals surface area contributed by atoms with Crippen LogP contribution in [0, 0.1) is 5.82 Å². The molecule has 3 N–H and O–H groups in total. The average Bonchev–Trinajstić information content (AvgIpc) is 3.16. The molecule has 0 spiro atoms. The van der Waals surface area contributed by atoms with E-state index in [4.69, 9.17) is 4.74 Å². The molecule has 204 valence electrons. The Morgan fingerprint density at radius 2 is 1.54 bits per heavy atom. The van der Waals surface area contributed by atoms with Gasteiger partial charge in [-0.25, -0.2) is 9.18 Å². The van der Waals surface area contributed by atoms with Gasteiger partial charge in [-0.15, -0.1) is 8.78 Å². The van der Waals surface area contributed by atoms with Gasteiger partial charge in [-0.1, -0.05) is 0 Å². The monoisotopic (exact) mass is 556 g/mol. The van der Waals surface area contributed by atoms with Crippen molar-refractivity contribution in [3.63, 3.8) is 0 Å². The van der Waals surface area contributed by atoms with Gasteiger partial charge in [0.2, 0.25) is 0 Å². The number of aromatic carboxylic acids is 1. The summed E-state index contributed by atoms with van der Waals surface area (Å²) in [7, 11) is 1.19. The van der Waals surface area contributed by atoms with E-state index in [2.05, 4.69) is 20.1 Å². The second-order valence-electron chi connectivity index (χ2n) is 7.83. The molecule has 0 saturated carbocycles. The molecule has 1 aliphatic heterocycles. The number of halogens is 6. The zero-order chi connectivity index (χ0) is 28.7. The first kappa shape index (κ1) is 27.1. The number of methoxy groups -OCH3 is 1. The van der Waals surface area contributed by atoms with Gasteiger partial charge in [0, 0.05) is 11.8 Å². The lowest BCUT2D eigenvalue weighted by atomic mass is 10.1. The van der Waals surface area contributed by atoms with E-state index in [0.717, 1.165) is 30.3 Å². The predicted octanol–water partition coefficient (Wildman–Crippen LogP) is 5.38. The maximum Gasteiger partial charge on any atom is 0.586 e. The number of amides is 2. The normalized spacial score (nSPS) is 13.5. The summed E-state index contributed by atoms with van der Waals surface area (Å²) in [5.41, 5.74) is -3.86. The smallest absolute Gasteiger partial charge is 0.496 e. The second-order valence-corrected chi connectivity index (χ2v) is 7.83. The van der Waals surface area contributed by atoms with Crippen molar-refractivity contribution in [1.29, 1.82) is 0 Å². The molecule has 0 bridgehead atoms. The Morgan fingerprint density at radius 3 is 2.15 bits per heavy atom. The number of hydrogen-bond acceptors (Lipinski definition) is 6. The lowest BCUT2D eigenvalue weighted by Gasteiger charge is -2.15. The molecule has 0 saturated heterocycles. The Balaban J connectivity index is 1.73. The highest BCUT2D eigenvalue weighted by atomic mass is 19.4. The fourth-order valence-corrected chi connectivity index (χ4v) is 3.51. The molecule has 4 rings (SSSR count). The van der Waals surface area contributed by atoms with Gasteiger partial charge in [-0.2, -0.15) is 13.2 Å². The van der Waals surface area contributed by atoms with Crippen molar-refractivity contribution in [3.8, 4) is 17.2 Å². The van der Waals surface area contributed by atoms with Crippen molar-refractivity contribution in [1.82, 2.24) is 0 Å².